The van der Waals surface area contributed by atoms with Crippen molar-refractivity contribution in [2.75, 3.05) is 12.3 Å². The van der Waals surface area contributed by atoms with E-state index in [1.54, 1.807) is 12.2 Å². The standard InChI is InChI=1S/C8H13OP/c1-4-7-10(9,6-3)8-5-2/h4-6H,1-3,7-8H2. The van der Waals surface area contributed by atoms with E-state index in [0.717, 1.165) is 0 Å². The van der Waals surface area contributed by atoms with Crippen LogP contribution in [0.3, 0.4) is 0 Å². The Kier molecular flexibility index (Phi) is 4.06. The molecule has 0 heterocycles. The Morgan fingerprint density at radius 1 is 1.10 bits per heavy atom. The molecule has 0 rings (SSSR count). The highest BCUT2D eigenvalue weighted by Crippen LogP contribution is 2.46. The Hall–Kier alpha value is -0.550. The molecule has 0 aromatic carbocycles. The molecule has 56 valence electrons. The maximum atomic E-state index is 11.5. The van der Waals surface area contributed by atoms with Crippen molar-refractivity contribution >= 4 is 7.14 Å². The van der Waals surface area contributed by atoms with Crippen LogP contribution in [0.15, 0.2) is 37.7 Å². The summed E-state index contributed by atoms with van der Waals surface area (Å²) in [7, 11) is -2.17. The molecule has 0 fully saturated rings. The van der Waals surface area contributed by atoms with E-state index in [4.69, 9.17) is 0 Å². The van der Waals surface area contributed by atoms with Crippen LogP contribution in [0.5, 0.6) is 0 Å². The minimum Gasteiger partial charge on any atom is -0.319 e. The van der Waals surface area contributed by atoms with E-state index in [-0.39, 0.29) is 0 Å². The molecule has 0 N–H and O–H groups in total. The van der Waals surface area contributed by atoms with Gasteiger partial charge in [0.1, 0.15) is 7.14 Å². The van der Waals surface area contributed by atoms with E-state index >= 15 is 0 Å². The molecule has 0 aliphatic heterocycles. The molecule has 0 aliphatic carbocycles. The van der Waals surface area contributed by atoms with Gasteiger partial charge in [-0.15, -0.1) is 13.2 Å². The third-order valence-electron chi connectivity index (χ3n) is 1.21. The predicted octanol–water partition coefficient (Wildman–Crippen LogP) is 2.87. The molecule has 0 bridgehead atoms. The van der Waals surface area contributed by atoms with Crippen LogP contribution in [0.25, 0.3) is 0 Å². The van der Waals surface area contributed by atoms with E-state index in [2.05, 4.69) is 19.7 Å². The molecule has 2 heteroatoms. The van der Waals surface area contributed by atoms with Crippen molar-refractivity contribution in [2.45, 2.75) is 0 Å². The molecule has 0 aromatic heterocycles. The smallest absolute Gasteiger partial charge is 0.115 e. The molecule has 0 amide bonds. The van der Waals surface area contributed by atoms with Crippen molar-refractivity contribution in [1.29, 1.82) is 0 Å². The highest BCUT2D eigenvalue weighted by atomic mass is 31.2. The van der Waals surface area contributed by atoms with Crippen molar-refractivity contribution in [3.63, 3.8) is 0 Å². The van der Waals surface area contributed by atoms with Gasteiger partial charge in [0.05, 0.1) is 0 Å². The first-order valence-corrected chi connectivity index (χ1v) is 5.26. The van der Waals surface area contributed by atoms with Gasteiger partial charge in [-0.1, -0.05) is 18.7 Å². The van der Waals surface area contributed by atoms with Crippen molar-refractivity contribution in [1.82, 2.24) is 0 Å². The first-order valence-electron chi connectivity index (χ1n) is 3.11. The van der Waals surface area contributed by atoms with Crippen molar-refractivity contribution in [2.24, 2.45) is 0 Å². The second kappa shape index (κ2) is 4.29. The van der Waals surface area contributed by atoms with E-state index in [1.807, 2.05) is 0 Å². The summed E-state index contributed by atoms with van der Waals surface area (Å²) in [6.07, 6.45) is 4.38. The second-order valence-electron chi connectivity index (χ2n) is 2.08. The molecule has 0 atom stereocenters. The average molecular weight is 156 g/mol. The largest absolute Gasteiger partial charge is 0.319 e. The molecule has 0 spiro atoms. The van der Waals surface area contributed by atoms with Crippen LogP contribution in [0.4, 0.5) is 0 Å². The molecule has 0 saturated heterocycles. The summed E-state index contributed by atoms with van der Waals surface area (Å²) in [5, 5.41) is 0. The van der Waals surface area contributed by atoms with E-state index in [9.17, 15) is 4.57 Å². The van der Waals surface area contributed by atoms with Crippen LogP contribution in [0.2, 0.25) is 0 Å². The summed E-state index contributed by atoms with van der Waals surface area (Å²) in [6.45, 7) is 10.6. The Morgan fingerprint density at radius 2 is 1.50 bits per heavy atom. The van der Waals surface area contributed by atoms with Crippen LogP contribution in [-0.4, -0.2) is 12.3 Å². The molecule has 1 nitrogen and oxygen atoms in total. The summed E-state index contributed by atoms with van der Waals surface area (Å²) in [5.74, 6) is 1.52. The first kappa shape index (κ1) is 9.45. The summed E-state index contributed by atoms with van der Waals surface area (Å²) in [5.41, 5.74) is 0. The third kappa shape index (κ3) is 2.84. The summed E-state index contributed by atoms with van der Waals surface area (Å²) >= 11 is 0. The minimum atomic E-state index is -2.17. The number of hydrogen-bond acceptors (Lipinski definition) is 1. The molecule has 0 aliphatic rings. The number of rotatable bonds is 5. The molecule has 0 saturated carbocycles. The lowest BCUT2D eigenvalue weighted by molar-refractivity contribution is 0.584. The lowest BCUT2D eigenvalue weighted by Crippen LogP contribution is -1.85. The fourth-order valence-corrected chi connectivity index (χ4v) is 1.98. The van der Waals surface area contributed by atoms with Crippen LogP contribution in [0, 0.1) is 0 Å². The molecule has 0 aromatic rings. The Labute approximate surface area is 62.5 Å². The molecular formula is C8H13OP. The van der Waals surface area contributed by atoms with Gasteiger partial charge in [0.2, 0.25) is 0 Å². The van der Waals surface area contributed by atoms with Crippen molar-refractivity contribution < 1.29 is 4.57 Å². The predicted molar refractivity (Wildman–Crippen MR) is 47.9 cm³/mol. The fourth-order valence-electron chi connectivity index (χ4n) is 0.661. The van der Waals surface area contributed by atoms with Crippen LogP contribution in [-0.2, 0) is 4.57 Å². The maximum absolute atomic E-state index is 11.5. The summed E-state index contributed by atoms with van der Waals surface area (Å²) in [6, 6.07) is 0. The van der Waals surface area contributed by atoms with E-state index < -0.39 is 7.14 Å². The molecule has 10 heavy (non-hydrogen) atoms. The van der Waals surface area contributed by atoms with Gasteiger partial charge in [-0.25, -0.2) is 0 Å². The lowest BCUT2D eigenvalue weighted by Gasteiger charge is -2.06. The quantitative estimate of drug-likeness (QED) is 0.442. The average Bonchev–Trinajstić information content (AvgIpc) is 1.89. The highest BCUT2D eigenvalue weighted by Gasteiger charge is 2.11. The lowest BCUT2D eigenvalue weighted by atomic mass is 10.8. The van der Waals surface area contributed by atoms with Gasteiger partial charge in [0, 0.05) is 12.3 Å². The summed E-state index contributed by atoms with van der Waals surface area (Å²) in [4.78, 5) is 0. The van der Waals surface area contributed by atoms with Crippen LogP contribution < -0.4 is 0 Å². The van der Waals surface area contributed by atoms with Gasteiger partial charge in [-0.2, -0.15) is 0 Å². The van der Waals surface area contributed by atoms with Crippen LogP contribution in [0.1, 0.15) is 0 Å². The van der Waals surface area contributed by atoms with Crippen molar-refractivity contribution in [3.05, 3.63) is 37.7 Å². The zero-order chi connectivity index (χ0) is 8.04. The Balaban J connectivity index is 4.21. The third-order valence-corrected chi connectivity index (χ3v) is 3.63. The van der Waals surface area contributed by atoms with Crippen molar-refractivity contribution in [3.8, 4) is 0 Å². The zero-order valence-electron chi connectivity index (χ0n) is 6.12. The highest BCUT2D eigenvalue weighted by molar-refractivity contribution is 7.67. The summed E-state index contributed by atoms with van der Waals surface area (Å²) < 4.78 is 11.5. The monoisotopic (exact) mass is 156 g/mol. The maximum Gasteiger partial charge on any atom is 0.115 e. The van der Waals surface area contributed by atoms with Gasteiger partial charge < -0.3 is 4.57 Å². The minimum absolute atomic E-state index is 0.530. The van der Waals surface area contributed by atoms with Gasteiger partial charge in [-0.3, -0.25) is 0 Å². The molecule has 0 unspecified atom stereocenters. The fraction of sp³-hybridized carbons (Fsp3) is 0.250. The number of hydrogen-bond donors (Lipinski definition) is 0. The molecular weight excluding hydrogens is 143 g/mol. The van der Waals surface area contributed by atoms with Gasteiger partial charge in [0.25, 0.3) is 0 Å². The Morgan fingerprint density at radius 3 is 1.70 bits per heavy atom. The second-order valence-corrected chi connectivity index (χ2v) is 5.08. The SMILES string of the molecule is C=CCP(=O)(C=C)CC=C. The first-order chi connectivity index (χ1) is 4.68. The number of allylic oxidation sites excluding steroid dienone is 2. The van der Waals surface area contributed by atoms with E-state index in [0.29, 0.717) is 12.3 Å². The topological polar surface area (TPSA) is 17.1 Å². The Bertz CT molecular complexity index is 168. The van der Waals surface area contributed by atoms with Crippen LogP contribution >= 0.6 is 7.14 Å². The normalized spacial score (nSPS) is 10.4. The van der Waals surface area contributed by atoms with Gasteiger partial charge >= 0.3 is 0 Å². The van der Waals surface area contributed by atoms with E-state index in [1.165, 1.54) is 5.82 Å². The molecule has 0 radical (unpaired) electrons. The van der Waals surface area contributed by atoms with Gasteiger partial charge in [-0.05, 0) is 5.82 Å². The zero-order valence-corrected chi connectivity index (χ0v) is 7.02. The van der Waals surface area contributed by atoms with Gasteiger partial charge in [0.15, 0.2) is 0 Å².